The quantitative estimate of drug-likeness (QED) is 0.752. The fraction of sp³-hybridized carbons (Fsp3) is 0.545. The normalized spacial score (nSPS) is 15.3. The molecule has 1 aliphatic carbocycles. The van der Waals surface area contributed by atoms with Gasteiger partial charge in [0.25, 0.3) is 0 Å². The molecular formula is C11H15N5O. The van der Waals surface area contributed by atoms with Crippen molar-refractivity contribution in [3.63, 3.8) is 0 Å². The third-order valence-electron chi connectivity index (χ3n) is 2.92. The minimum absolute atomic E-state index is 0.674. The van der Waals surface area contributed by atoms with E-state index in [0.717, 1.165) is 19.5 Å². The van der Waals surface area contributed by atoms with Gasteiger partial charge in [0, 0.05) is 31.7 Å². The lowest BCUT2D eigenvalue weighted by atomic mass is 10.4. The van der Waals surface area contributed by atoms with E-state index in [1.54, 1.807) is 0 Å². The molecule has 0 unspecified atom stereocenters. The largest absolute Gasteiger partial charge is 0.340 e. The van der Waals surface area contributed by atoms with Gasteiger partial charge in [-0.05, 0) is 12.8 Å². The van der Waals surface area contributed by atoms with Gasteiger partial charge < -0.3 is 14.4 Å². The Kier molecular flexibility index (Phi) is 2.87. The Morgan fingerprint density at radius 2 is 2.41 bits per heavy atom. The van der Waals surface area contributed by atoms with Crippen LogP contribution < -0.4 is 5.32 Å². The standard InChI is InChI=1S/C11H15N5O/c1-2-9(1)16-8-13-6-10(16)5-12-4-3-11-14-7-15-17-11/h6-9,12H,1-5H2. The predicted molar refractivity (Wildman–Crippen MR) is 60.2 cm³/mol. The van der Waals surface area contributed by atoms with Crippen LogP contribution in [0.1, 0.15) is 30.5 Å². The van der Waals surface area contributed by atoms with Crippen LogP contribution in [0.3, 0.4) is 0 Å². The highest BCUT2D eigenvalue weighted by atomic mass is 16.5. The third-order valence-corrected chi connectivity index (χ3v) is 2.92. The highest BCUT2D eigenvalue weighted by Crippen LogP contribution is 2.35. The van der Waals surface area contributed by atoms with Crippen LogP contribution in [0.4, 0.5) is 0 Å². The number of hydrogen-bond acceptors (Lipinski definition) is 5. The maximum Gasteiger partial charge on any atom is 0.227 e. The van der Waals surface area contributed by atoms with E-state index in [0.29, 0.717) is 11.9 Å². The summed E-state index contributed by atoms with van der Waals surface area (Å²) in [7, 11) is 0. The number of aromatic nitrogens is 4. The highest BCUT2D eigenvalue weighted by Gasteiger charge is 2.24. The summed E-state index contributed by atoms with van der Waals surface area (Å²) < 4.78 is 7.19. The highest BCUT2D eigenvalue weighted by molar-refractivity contribution is 5.03. The molecule has 0 bridgehead atoms. The van der Waals surface area contributed by atoms with E-state index >= 15 is 0 Å². The van der Waals surface area contributed by atoms with Crippen molar-refractivity contribution in [3.8, 4) is 0 Å². The Morgan fingerprint density at radius 3 is 3.18 bits per heavy atom. The van der Waals surface area contributed by atoms with Crippen LogP contribution in [-0.4, -0.2) is 26.2 Å². The summed E-state index contributed by atoms with van der Waals surface area (Å²) in [5.74, 6) is 0.674. The second-order valence-corrected chi connectivity index (χ2v) is 4.29. The summed E-state index contributed by atoms with van der Waals surface area (Å²) in [4.78, 5) is 8.17. The number of nitrogens with zero attached hydrogens (tertiary/aromatic N) is 4. The van der Waals surface area contributed by atoms with E-state index in [9.17, 15) is 0 Å². The molecule has 2 heterocycles. The zero-order valence-corrected chi connectivity index (χ0v) is 9.54. The lowest BCUT2D eigenvalue weighted by Gasteiger charge is -2.06. The van der Waals surface area contributed by atoms with Crippen LogP contribution in [0.25, 0.3) is 0 Å². The van der Waals surface area contributed by atoms with Crippen LogP contribution in [0.15, 0.2) is 23.4 Å². The maximum absolute atomic E-state index is 4.92. The Labute approximate surface area is 99.0 Å². The van der Waals surface area contributed by atoms with Gasteiger partial charge in [0.2, 0.25) is 5.89 Å². The predicted octanol–water partition coefficient (Wildman–Crippen LogP) is 0.933. The summed E-state index contributed by atoms with van der Waals surface area (Å²) >= 11 is 0. The summed E-state index contributed by atoms with van der Waals surface area (Å²) in [5.41, 5.74) is 1.25. The fourth-order valence-corrected chi connectivity index (χ4v) is 1.87. The molecule has 0 saturated heterocycles. The van der Waals surface area contributed by atoms with Gasteiger partial charge >= 0.3 is 0 Å². The first-order valence-corrected chi connectivity index (χ1v) is 5.90. The molecule has 2 aromatic rings. The van der Waals surface area contributed by atoms with Crippen molar-refractivity contribution in [1.29, 1.82) is 0 Å². The maximum atomic E-state index is 4.92. The number of rotatable bonds is 6. The monoisotopic (exact) mass is 233 g/mol. The van der Waals surface area contributed by atoms with Crippen molar-refractivity contribution in [2.24, 2.45) is 0 Å². The van der Waals surface area contributed by atoms with Crippen LogP contribution in [0.2, 0.25) is 0 Å². The zero-order chi connectivity index (χ0) is 11.5. The first-order chi connectivity index (χ1) is 8.43. The number of nitrogens with one attached hydrogen (secondary N) is 1. The number of hydrogen-bond donors (Lipinski definition) is 1. The summed E-state index contributed by atoms with van der Waals surface area (Å²) in [5, 5.41) is 6.93. The van der Waals surface area contributed by atoms with E-state index < -0.39 is 0 Å². The molecule has 6 heteroatoms. The average molecular weight is 233 g/mol. The molecule has 90 valence electrons. The summed E-state index contributed by atoms with van der Waals surface area (Å²) in [6.45, 7) is 1.67. The SMILES string of the molecule is c1noc(CCNCc2cncn2C2CC2)n1. The van der Waals surface area contributed by atoms with Crippen LogP contribution in [-0.2, 0) is 13.0 Å². The Hall–Kier alpha value is -1.69. The van der Waals surface area contributed by atoms with Gasteiger partial charge in [-0.1, -0.05) is 5.16 Å². The molecule has 0 atom stereocenters. The molecular weight excluding hydrogens is 218 g/mol. The van der Waals surface area contributed by atoms with Crippen molar-refractivity contribution < 1.29 is 4.52 Å². The molecule has 0 radical (unpaired) electrons. The van der Waals surface area contributed by atoms with Crippen LogP contribution in [0, 0.1) is 0 Å². The topological polar surface area (TPSA) is 68.8 Å². The van der Waals surface area contributed by atoms with Gasteiger partial charge in [0.1, 0.15) is 0 Å². The number of imidazole rings is 1. The molecule has 17 heavy (non-hydrogen) atoms. The van der Waals surface area contributed by atoms with Gasteiger partial charge in [-0.3, -0.25) is 0 Å². The molecule has 6 nitrogen and oxygen atoms in total. The van der Waals surface area contributed by atoms with Gasteiger partial charge in [-0.2, -0.15) is 4.98 Å². The van der Waals surface area contributed by atoms with E-state index in [1.165, 1.54) is 24.9 Å². The van der Waals surface area contributed by atoms with Crippen molar-refractivity contribution in [3.05, 3.63) is 30.4 Å². The lowest BCUT2D eigenvalue weighted by molar-refractivity contribution is 0.374. The lowest BCUT2D eigenvalue weighted by Crippen LogP contribution is -2.18. The molecule has 1 saturated carbocycles. The van der Waals surface area contributed by atoms with Gasteiger partial charge in [0.05, 0.1) is 12.0 Å². The minimum atomic E-state index is 0.674. The molecule has 2 aromatic heterocycles. The van der Waals surface area contributed by atoms with Gasteiger partial charge in [0.15, 0.2) is 6.33 Å². The minimum Gasteiger partial charge on any atom is -0.340 e. The smallest absolute Gasteiger partial charge is 0.227 e. The molecule has 1 aliphatic rings. The zero-order valence-electron chi connectivity index (χ0n) is 9.54. The molecule has 0 aliphatic heterocycles. The van der Waals surface area contributed by atoms with Crippen molar-refractivity contribution in [1.82, 2.24) is 25.0 Å². The Balaban J connectivity index is 1.46. The van der Waals surface area contributed by atoms with Gasteiger partial charge in [-0.25, -0.2) is 4.98 Å². The second-order valence-electron chi connectivity index (χ2n) is 4.29. The Bertz CT molecular complexity index is 460. The second kappa shape index (κ2) is 4.67. The third kappa shape index (κ3) is 2.52. The fourth-order valence-electron chi connectivity index (χ4n) is 1.87. The first kappa shape index (κ1) is 10.5. The van der Waals surface area contributed by atoms with Crippen LogP contribution >= 0.6 is 0 Å². The van der Waals surface area contributed by atoms with E-state index in [1.807, 2.05) is 12.5 Å². The van der Waals surface area contributed by atoms with Crippen molar-refractivity contribution in [2.45, 2.75) is 31.8 Å². The molecule has 0 amide bonds. The van der Waals surface area contributed by atoms with Gasteiger partial charge in [-0.15, -0.1) is 0 Å². The molecule has 1 fully saturated rings. The molecule has 0 spiro atoms. The Morgan fingerprint density at radius 1 is 1.47 bits per heavy atom. The summed E-state index contributed by atoms with van der Waals surface area (Å²) in [6.07, 6.45) is 8.61. The molecule has 1 N–H and O–H groups in total. The van der Waals surface area contributed by atoms with Crippen molar-refractivity contribution in [2.75, 3.05) is 6.54 Å². The summed E-state index contributed by atoms with van der Waals surface area (Å²) in [6, 6.07) is 0.685. The van der Waals surface area contributed by atoms with Crippen molar-refractivity contribution >= 4 is 0 Å². The first-order valence-electron chi connectivity index (χ1n) is 5.90. The van der Waals surface area contributed by atoms with E-state index in [2.05, 4.69) is 25.0 Å². The molecule has 3 rings (SSSR count). The molecule has 0 aromatic carbocycles. The van der Waals surface area contributed by atoms with E-state index in [4.69, 9.17) is 4.52 Å². The van der Waals surface area contributed by atoms with E-state index in [-0.39, 0.29) is 0 Å². The average Bonchev–Trinajstić information content (AvgIpc) is 2.89. The van der Waals surface area contributed by atoms with Crippen LogP contribution in [0.5, 0.6) is 0 Å².